The molecule has 2 fully saturated rings. The summed E-state index contributed by atoms with van der Waals surface area (Å²) < 4.78 is 22.9. The Morgan fingerprint density at radius 1 is 0.385 bits per heavy atom. The van der Waals surface area contributed by atoms with E-state index in [1.165, 1.54) is 302 Å². The zero-order valence-corrected chi connectivity index (χ0v) is 58.9. The molecule has 0 radical (unpaired) electrons. The van der Waals surface area contributed by atoms with E-state index >= 15 is 0 Å². The largest absolute Gasteiger partial charge is 0.394 e. The van der Waals surface area contributed by atoms with Gasteiger partial charge in [-0.2, -0.15) is 0 Å². The molecule has 1 amide bonds. The van der Waals surface area contributed by atoms with Crippen LogP contribution in [0.4, 0.5) is 0 Å². The van der Waals surface area contributed by atoms with Gasteiger partial charge in [-0.3, -0.25) is 4.79 Å². The molecule has 0 aromatic carbocycles. The van der Waals surface area contributed by atoms with Gasteiger partial charge >= 0.3 is 0 Å². The summed E-state index contributed by atoms with van der Waals surface area (Å²) in [5, 5.41) is 87.6. The van der Waals surface area contributed by atoms with Crippen molar-refractivity contribution in [2.24, 2.45) is 0 Å². The highest BCUT2D eigenvalue weighted by atomic mass is 16.7. The molecule has 0 saturated carbocycles. The van der Waals surface area contributed by atoms with Crippen molar-refractivity contribution in [1.82, 2.24) is 5.32 Å². The Hall–Kier alpha value is -1.53. The maximum atomic E-state index is 13.4. The smallest absolute Gasteiger partial charge is 0.220 e. The Morgan fingerprint density at radius 2 is 0.703 bits per heavy atom. The van der Waals surface area contributed by atoms with Crippen LogP contribution in [0, 0.1) is 0 Å². The lowest BCUT2D eigenvalue weighted by Gasteiger charge is -2.46. The Labute approximate surface area is 558 Å². The van der Waals surface area contributed by atoms with Crippen LogP contribution < -0.4 is 5.32 Å². The molecule has 12 atom stereocenters. The van der Waals surface area contributed by atoms with Crippen molar-refractivity contribution in [2.75, 3.05) is 19.8 Å². The van der Waals surface area contributed by atoms with Crippen LogP contribution in [-0.2, 0) is 23.7 Å². The number of hydrogen-bond donors (Lipinski definition) is 9. The highest BCUT2D eigenvalue weighted by molar-refractivity contribution is 5.76. The van der Waals surface area contributed by atoms with Crippen LogP contribution in [0.2, 0.25) is 0 Å². The summed E-state index contributed by atoms with van der Waals surface area (Å²) in [6.07, 6.45) is 62.6. The molecule has 0 aliphatic carbocycles. The van der Waals surface area contributed by atoms with E-state index in [9.17, 15) is 45.6 Å². The fraction of sp³-hybridized carbons (Fsp3) is 0.935. The zero-order valence-electron chi connectivity index (χ0n) is 58.9. The van der Waals surface area contributed by atoms with Crippen LogP contribution in [0.1, 0.15) is 367 Å². The summed E-state index contributed by atoms with van der Waals surface area (Å²) in [5.74, 6) is -0.240. The Kier molecular flexibility index (Phi) is 58.3. The van der Waals surface area contributed by atoms with E-state index in [4.69, 9.17) is 18.9 Å². The third-order valence-electron chi connectivity index (χ3n) is 19.4. The van der Waals surface area contributed by atoms with E-state index in [1.807, 2.05) is 6.08 Å². The second-order valence-electron chi connectivity index (χ2n) is 27.8. The maximum absolute atomic E-state index is 13.4. The number of unbranched alkanes of at least 4 members (excludes halogenated alkanes) is 51. The van der Waals surface area contributed by atoms with Crippen molar-refractivity contribution >= 4 is 5.91 Å². The van der Waals surface area contributed by atoms with Crippen LogP contribution in [-0.4, -0.2) is 140 Å². The van der Waals surface area contributed by atoms with Gasteiger partial charge in [0, 0.05) is 6.42 Å². The summed E-state index contributed by atoms with van der Waals surface area (Å²) in [7, 11) is 0. The first-order valence-electron chi connectivity index (χ1n) is 39.1. The van der Waals surface area contributed by atoms with Crippen LogP contribution in [0.15, 0.2) is 24.3 Å². The molecule has 0 aromatic heterocycles. The lowest BCUT2D eigenvalue weighted by molar-refractivity contribution is -0.359. The predicted molar refractivity (Wildman–Crippen MR) is 374 cm³/mol. The molecule has 2 saturated heterocycles. The van der Waals surface area contributed by atoms with Crippen molar-refractivity contribution in [2.45, 2.75) is 441 Å². The number of nitrogens with one attached hydrogen (secondary N) is 1. The molecular weight excluding hydrogens is 1150 g/mol. The Morgan fingerprint density at radius 3 is 1.08 bits per heavy atom. The van der Waals surface area contributed by atoms with Crippen LogP contribution in [0.5, 0.6) is 0 Å². The van der Waals surface area contributed by atoms with Gasteiger partial charge in [0.05, 0.1) is 32.0 Å². The summed E-state index contributed by atoms with van der Waals surface area (Å²) in [5.41, 5.74) is 0. The van der Waals surface area contributed by atoms with Crippen molar-refractivity contribution in [1.29, 1.82) is 0 Å². The number of hydrogen-bond acceptors (Lipinski definition) is 13. The van der Waals surface area contributed by atoms with Crippen molar-refractivity contribution < 1.29 is 64.6 Å². The molecule has 2 aliphatic heterocycles. The van der Waals surface area contributed by atoms with E-state index in [-0.39, 0.29) is 18.9 Å². The molecule has 12 unspecified atom stereocenters. The summed E-state index contributed by atoms with van der Waals surface area (Å²) in [4.78, 5) is 13.4. The molecule has 0 bridgehead atoms. The van der Waals surface area contributed by atoms with E-state index in [0.29, 0.717) is 12.8 Å². The van der Waals surface area contributed by atoms with Crippen molar-refractivity contribution in [3.8, 4) is 0 Å². The lowest BCUT2D eigenvalue weighted by Crippen LogP contribution is -2.65. The summed E-state index contributed by atoms with van der Waals surface area (Å²) in [6, 6.07) is -0.930. The molecule has 0 spiro atoms. The predicted octanol–water partition coefficient (Wildman–Crippen LogP) is 17.1. The van der Waals surface area contributed by atoms with Gasteiger partial charge < -0.3 is 65.1 Å². The average molecular weight is 1300 g/mol. The maximum Gasteiger partial charge on any atom is 0.220 e. The van der Waals surface area contributed by atoms with Crippen LogP contribution in [0.3, 0.4) is 0 Å². The number of aliphatic hydroxyl groups is 8. The van der Waals surface area contributed by atoms with Gasteiger partial charge in [-0.1, -0.05) is 353 Å². The lowest BCUT2D eigenvalue weighted by atomic mass is 9.97. The van der Waals surface area contributed by atoms with Gasteiger partial charge in [0.1, 0.15) is 48.8 Å². The zero-order chi connectivity index (χ0) is 65.9. The third-order valence-corrected chi connectivity index (χ3v) is 19.4. The SMILES string of the molecule is CCCCCCCCCCCCCCCCCCCCCCCC/C=C/CC/C=C/C(O)C(COC1OC(CO)C(OC2OC(CO)C(O)C(O)C2O)C(O)C1O)NC(=O)CCCCCCCCCCCCCCCCCCCCCCCCCCCCCCC. The standard InChI is InChI=1S/C77H147NO13/c1-3-5-7-9-11-13-15-17-19-21-23-25-27-29-31-33-35-37-39-41-43-45-47-49-51-53-55-57-59-61-69(82)78-65(64-88-76-74(87)72(85)75(68(63-80)90-76)91-77-73(86)71(84)70(83)67(62-79)89-77)66(81)60-58-56-54-52-50-48-46-44-42-40-38-36-34-32-30-28-26-24-22-20-18-16-14-12-10-8-6-4-2/h50,52,58,60,65-68,70-77,79-81,83-87H,3-49,51,53-57,59,61-64H2,1-2H3,(H,78,82)/b52-50+,60-58+. The van der Waals surface area contributed by atoms with Crippen molar-refractivity contribution in [3.63, 3.8) is 0 Å². The van der Waals surface area contributed by atoms with E-state index in [1.54, 1.807) is 6.08 Å². The molecule has 9 N–H and O–H groups in total. The van der Waals surface area contributed by atoms with E-state index in [0.717, 1.165) is 32.1 Å². The topological polar surface area (TPSA) is 228 Å². The Balaban J connectivity index is 1.64. The number of allylic oxidation sites excluding steroid dienone is 3. The molecule has 0 aromatic rings. The summed E-state index contributed by atoms with van der Waals surface area (Å²) >= 11 is 0. The molecule has 14 heteroatoms. The van der Waals surface area contributed by atoms with Gasteiger partial charge in [0.25, 0.3) is 0 Å². The number of rotatable bonds is 66. The second kappa shape index (κ2) is 62.0. The molecule has 2 heterocycles. The third kappa shape index (κ3) is 45.6. The quantitative estimate of drug-likeness (QED) is 0.0204. The van der Waals surface area contributed by atoms with Crippen molar-refractivity contribution in [3.05, 3.63) is 24.3 Å². The van der Waals surface area contributed by atoms with Gasteiger partial charge in [-0.15, -0.1) is 0 Å². The minimum atomic E-state index is -1.79. The normalized spacial score (nSPS) is 22.8. The number of aliphatic hydroxyl groups excluding tert-OH is 8. The monoisotopic (exact) mass is 1290 g/mol. The minimum absolute atomic E-state index is 0.240. The number of carbonyl (C=O) groups is 1. The molecule has 538 valence electrons. The van der Waals surface area contributed by atoms with Gasteiger partial charge in [-0.05, 0) is 32.1 Å². The summed E-state index contributed by atoms with van der Waals surface area (Å²) in [6.45, 7) is 2.85. The minimum Gasteiger partial charge on any atom is -0.394 e. The molecular formula is C77H147NO13. The molecule has 2 aliphatic rings. The van der Waals surface area contributed by atoms with Gasteiger partial charge in [0.2, 0.25) is 5.91 Å². The first-order valence-corrected chi connectivity index (χ1v) is 39.1. The van der Waals surface area contributed by atoms with Crippen LogP contribution >= 0.6 is 0 Å². The molecule has 14 nitrogen and oxygen atoms in total. The first-order chi connectivity index (χ1) is 44.6. The second-order valence-corrected chi connectivity index (χ2v) is 27.8. The molecule has 91 heavy (non-hydrogen) atoms. The highest BCUT2D eigenvalue weighted by Crippen LogP contribution is 2.30. The molecule has 2 rings (SSSR count). The van der Waals surface area contributed by atoms with E-state index < -0.39 is 86.8 Å². The first kappa shape index (κ1) is 85.6. The number of amides is 1. The van der Waals surface area contributed by atoms with Gasteiger partial charge in [-0.25, -0.2) is 0 Å². The average Bonchev–Trinajstić information content (AvgIpc) is 1.08. The fourth-order valence-electron chi connectivity index (χ4n) is 13.2. The fourth-order valence-corrected chi connectivity index (χ4v) is 13.2. The van der Waals surface area contributed by atoms with Gasteiger partial charge in [0.15, 0.2) is 12.6 Å². The number of ether oxygens (including phenoxy) is 4. The highest BCUT2D eigenvalue weighted by Gasteiger charge is 2.51. The Bertz CT molecular complexity index is 1620. The van der Waals surface area contributed by atoms with Crippen LogP contribution in [0.25, 0.3) is 0 Å². The van der Waals surface area contributed by atoms with E-state index in [2.05, 4.69) is 31.3 Å². The number of carbonyl (C=O) groups excluding carboxylic acids is 1.